The number of ketones is 2. The molecule has 0 saturated heterocycles. The Morgan fingerprint density at radius 3 is 2.00 bits per heavy atom. The molecule has 3 aliphatic rings. The van der Waals surface area contributed by atoms with Crippen LogP contribution in [0.1, 0.15) is 90.7 Å². The van der Waals surface area contributed by atoms with Crippen LogP contribution in [0.25, 0.3) is 0 Å². The minimum absolute atomic E-state index is 0.0374. The summed E-state index contributed by atoms with van der Waals surface area (Å²) in [6.07, 6.45) is 4.99. The largest absolute Gasteiger partial charge is 0.490 e. The van der Waals surface area contributed by atoms with Gasteiger partial charge in [0.2, 0.25) is 0 Å². The smallest absolute Gasteiger partial charge is 0.339 e. The zero-order valence-electron chi connectivity index (χ0n) is 27.7. The third-order valence-electron chi connectivity index (χ3n) is 8.92. The number of halogens is 1. The third-order valence-corrected chi connectivity index (χ3v) is 10.4. The van der Waals surface area contributed by atoms with E-state index in [0.29, 0.717) is 53.0 Å². The number of ether oxygens (including phenoxy) is 1. The molecule has 7 nitrogen and oxygen atoms in total. The summed E-state index contributed by atoms with van der Waals surface area (Å²) in [4.78, 5) is 30.5. The second-order valence-corrected chi connectivity index (χ2v) is 16.1. The Morgan fingerprint density at radius 2 is 1.50 bits per heavy atom. The van der Waals surface area contributed by atoms with Crippen LogP contribution in [0.5, 0.6) is 11.5 Å². The second kappa shape index (κ2) is 12.7. The van der Waals surface area contributed by atoms with Crippen molar-refractivity contribution >= 4 is 33.3 Å². The Kier molecular flexibility index (Phi) is 9.37. The van der Waals surface area contributed by atoms with Gasteiger partial charge in [-0.1, -0.05) is 58.4 Å². The summed E-state index contributed by atoms with van der Waals surface area (Å²) in [6.45, 7) is 17.3. The van der Waals surface area contributed by atoms with Gasteiger partial charge < -0.3 is 13.8 Å². The topological polar surface area (TPSA) is 90.0 Å². The summed E-state index contributed by atoms with van der Waals surface area (Å²) in [5.74, 6) is -0.248. The van der Waals surface area contributed by atoms with Crippen molar-refractivity contribution in [2.45, 2.75) is 90.9 Å². The van der Waals surface area contributed by atoms with Crippen LogP contribution in [0, 0.1) is 10.8 Å². The SMILES string of the molecule is C=CCc1cc(C2C3=C(CC(C)(C)CC3=O)N(CCC)C3=C2C(=O)CC(C)(C)C3)cc(OCC)c1OS(=O)(=O)c1ccc(Cl)cc1. The summed E-state index contributed by atoms with van der Waals surface area (Å²) in [5, 5.41) is 0.402. The van der Waals surface area contributed by atoms with Crippen molar-refractivity contribution in [1.82, 2.24) is 4.90 Å². The average Bonchev–Trinajstić information content (AvgIpc) is 2.94. The molecule has 0 spiro atoms. The van der Waals surface area contributed by atoms with Crippen molar-refractivity contribution in [3.63, 3.8) is 0 Å². The predicted octanol–water partition coefficient (Wildman–Crippen LogP) is 8.33. The number of Topliss-reactive ketones (excluding diaryl/α,β-unsaturated/α-hetero) is 2. The van der Waals surface area contributed by atoms with Gasteiger partial charge in [-0.2, -0.15) is 8.42 Å². The highest BCUT2D eigenvalue weighted by Crippen LogP contribution is 2.55. The molecule has 2 aliphatic carbocycles. The van der Waals surface area contributed by atoms with Crippen LogP contribution in [0.15, 0.2) is 76.5 Å². The van der Waals surface area contributed by atoms with Crippen molar-refractivity contribution in [2.24, 2.45) is 10.8 Å². The number of rotatable bonds is 10. The van der Waals surface area contributed by atoms with Crippen molar-refractivity contribution in [2.75, 3.05) is 13.2 Å². The van der Waals surface area contributed by atoms with E-state index in [-0.39, 0.29) is 51.8 Å². The van der Waals surface area contributed by atoms with Gasteiger partial charge in [0.1, 0.15) is 4.90 Å². The Hall–Kier alpha value is -3.36. The normalized spacial score (nSPS) is 19.6. The zero-order chi connectivity index (χ0) is 33.6. The first-order valence-corrected chi connectivity index (χ1v) is 17.8. The molecule has 1 heterocycles. The second-order valence-electron chi connectivity index (χ2n) is 14.1. The fourth-order valence-corrected chi connectivity index (χ4v) is 8.25. The molecule has 0 unspecified atom stereocenters. The molecule has 5 rings (SSSR count). The summed E-state index contributed by atoms with van der Waals surface area (Å²) in [7, 11) is -4.25. The van der Waals surface area contributed by atoms with E-state index in [2.05, 4.69) is 46.1 Å². The van der Waals surface area contributed by atoms with Gasteiger partial charge in [0.05, 0.1) is 6.61 Å². The summed E-state index contributed by atoms with van der Waals surface area (Å²) < 4.78 is 38.7. The van der Waals surface area contributed by atoms with Gasteiger partial charge in [0.15, 0.2) is 23.1 Å². The maximum Gasteiger partial charge on any atom is 0.339 e. The fraction of sp³-hybridized carbons (Fsp3) is 0.459. The van der Waals surface area contributed by atoms with Gasteiger partial charge in [0, 0.05) is 58.4 Å². The molecule has 9 heteroatoms. The Bertz CT molecular complexity index is 1700. The minimum atomic E-state index is -4.25. The van der Waals surface area contributed by atoms with Crippen LogP contribution in [0.4, 0.5) is 0 Å². The third kappa shape index (κ3) is 6.56. The summed E-state index contributed by atoms with van der Waals surface area (Å²) in [5.41, 5.74) is 4.09. The molecule has 0 saturated carbocycles. The number of hydrogen-bond donors (Lipinski definition) is 0. The lowest BCUT2D eigenvalue weighted by molar-refractivity contribution is -0.119. The monoisotopic (exact) mass is 665 g/mol. The number of allylic oxidation sites excluding steroid dienone is 5. The molecular formula is C37H44ClNO6S. The first-order valence-electron chi connectivity index (χ1n) is 16.0. The summed E-state index contributed by atoms with van der Waals surface area (Å²) >= 11 is 6.00. The Balaban J connectivity index is 1.75. The number of nitrogens with zero attached hydrogens (tertiary/aromatic N) is 1. The first kappa shape index (κ1) is 34.0. The van der Waals surface area contributed by atoms with Gasteiger partial charge in [-0.15, -0.1) is 6.58 Å². The van der Waals surface area contributed by atoms with E-state index < -0.39 is 16.0 Å². The van der Waals surface area contributed by atoms with E-state index in [9.17, 15) is 18.0 Å². The van der Waals surface area contributed by atoms with E-state index in [1.807, 2.05) is 6.07 Å². The van der Waals surface area contributed by atoms with Crippen LogP contribution in [-0.2, 0) is 26.1 Å². The molecule has 1 aliphatic heterocycles. The van der Waals surface area contributed by atoms with Crippen molar-refractivity contribution in [3.05, 3.63) is 87.7 Å². The van der Waals surface area contributed by atoms with Gasteiger partial charge in [-0.25, -0.2) is 0 Å². The van der Waals surface area contributed by atoms with E-state index >= 15 is 0 Å². The lowest BCUT2D eigenvalue weighted by atomic mass is 9.63. The average molecular weight is 666 g/mol. The molecule has 0 fully saturated rings. The Morgan fingerprint density at radius 1 is 0.935 bits per heavy atom. The number of benzene rings is 2. The quantitative estimate of drug-likeness (QED) is 0.186. The van der Waals surface area contributed by atoms with Crippen molar-refractivity contribution < 1.29 is 26.9 Å². The van der Waals surface area contributed by atoms with E-state index in [1.165, 1.54) is 24.3 Å². The van der Waals surface area contributed by atoms with Crippen molar-refractivity contribution in [1.29, 1.82) is 0 Å². The molecular weight excluding hydrogens is 622 g/mol. The maximum absolute atomic E-state index is 14.2. The zero-order valence-corrected chi connectivity index (χ0v) is 29.2. The van der Waals surface area contributed by atoms with E-state index in [0.717, 1.165) is 24.4 Å². The number of hydrogen-bond acceptors (Lipinski definition) is 7. The predicted molar refractivity (Wildman–Crippen MR) is 181 cm³/mol. The van der Waals surface area contributed by atoms with Gasteiger partial charge >= 0.3 is 10.1 Å². The molecule has 46 heavy (non-hydrogen) atoms. The van der Waals surface area contributed by atoms with Gasteiger partial charge in [0.25, 0.3) is 0 Å². The maximum atomic E-state index is 14.2. The van der Waals surface area contributed by atoms with Crippen LogP contribution in [-0.4, -0.2) is 38.0 Å². The van der Waals surface area contributed by atoms with Crippen LogP contribution in [0.2, 0.25) is 5.02 Å². The number of carbonyl (C=O) groups is 2. The van der Waals surface area contributed by atoms with Crippen molar-refractivity contribution in [3.8, 4) is 11.5 Å². The first-order chi connectivity index (χ1) is 21.6. The highest BCUT2D eigenvalue weighted by Gasteiger charge is 2.49. The summed E-state index contributed by atoms with van der Waals surface area (Å²) in [6, 6.07) is 9.35. The molecule has 0 radical (unpaired) electrons. The molecule has 246 valence electrons. The fourth-order valence-electron chi connectivity index (χ4n) is 7.15. The molecule has 0 aromatic heterocycles. The van der Waals surface area contributed by atoms with Crippen LogP contribution >= 0.6 is 11.6 Å². The number of carbonyl (C=O) groups excluding carboxylic acids is 2. The molecule has 2 aromatic carbocycles. The molecule has 2 aromatic rings. The highest BCUT2D eigenvalue weighted by molar-refractivity contribution is 7.87. The lowest BCUT2D eigenvalue weighted by Gasteiger charge is -2.49. The van der Waals surface area contributed by atoms with Crippen LogP contribution < -0.4 is 8.92 Å². The molecule has 0 atom stereocenters. The van der Waals surface area contributed by atoms with Crippen LogP contribution in [0.3, 0.4) is 0 Å². The highest BCUT2D eigenvalue weighted by atomic mass is 35.5. The standard InChI is InChI=1S/C37H44ClNO6S/c1-8-11-23-17-24(18-31(44-10-3)35(23)45-46(42,43)26-14-12-25(38)13-15-26)32-33-27(19-36(4,5)21-29(33)40)39(16-9-2)28-20-37(6,7)22-30(41)34(28)32/h8,12-15,17-18,32H,1,9-11,16,19-22H2,2-7H3. The Labute approximate surface area is 278 Å². The van der Waals surface area contributed by atoms with Gasteiger partial charge in [-0.05, 0) is 79.3 Å². The van der Waals surface area contributed by atoms with Gasteiger partial charge in [-0.3, -0.25) is 9.59 Å². The minimum Gasteiger partial charge on any atom is -0.490 e. The molecule has 0 bridgehead atoms. The lowest BCUT2D eigenvalue weighted by Crippen LogP contribution is -2.44. The van der Waals surface area contributed by atoms with E-state index in [1.54, 1.807) is 19.1 Å². The molecule has 0 N–H and O–H groups in total. The molecule has 0 amide bonds. The van der Waals surface area contributed by atoms with E-state index in [4.69, 9.17) is 20.5 Å².